The zero-order valence-corrected chi connectivity index (χ0v) is 16.2. The first kappa shape index (κ1) is 19.9. The van der Waals surface area contributed by atoms with Crippen LogP contribution in [0.15, 0.2) is 22.5 Å². The summed E-state index contributed by atoms with van der Waals surface area (Å²) in [4.78, 5) is 14.0. The zero-order valence-electron chi connectivity index (χ0n) is 14.6. The number of hydrogen-bond acceptors (Lipinski definition) is 8. The summed E-state index contributed by atoms with van der Waals surface area (Å²) in [5, 5.41) is 7.99. The van der Waals surface area contributed by atoms with Gasteiger partial charge in [0, 0.05) is 38.5 Å². The van der Waals surface area contributed by atoms with Crippen molar-refractivity contribution in [1.29, 1.82) is 0 Å². The highest BCUT2D eigenvalue weighted by molar-refractivity contribution is 7.99. The molecule has 0 saturated carbocycles. The van der Waals surface area contributed by atoms with Gasteiger partial charge in [-0.2, -0.15) is 0 Å². The highest BCUT2D eigenvalue weighted by Gasteiger charge is 2.25. The first-order valence-corrected chi connectivity index (χ1v) is 9.82. The normalized spacial score (nSPS) is 17.8. The van der Waals surface area contributed by atoms with Crippen molar-refractivity contribution in [3.8, 4) is 0 Å². The van der Waals surface area contributed by atoms with Gasteiger partial charge in [-0.05, 0) is 17.7 Å². The van der Waals surface area contributed by atoms with Crippen LogP contribution in [-0.4, -0.2) is 57.7 Å². The van der Waals surface area contributed by atoms with Crippen LogP contribution < -0.4 is 5.73 Å². The fourth-order valence-corrected chi connectivity index (χ4v) is 4.35. The molecule has 0 spiro atoms. The summed E-state index contributed by atoms with van der Waals surface area (Å²) in [5.74, 6) is -1.84. The summed E-state index contributed by atoms with van der Waals surface area (Å²) in [6.45, 7) is 4.07. The largest absolute Gasteiger partial charge is 0.374 e. The van der Waals surface area contributed by atoms with Crippen molar-refractivity contribution in [2.75, 3.05) is 32.0 Å². The van der Waals surface area contributed by atoms with Crippen molar-refractivity contribution in [2.45, 2.75) is 23.9 Å². The predicted octanol–water partition coefficient (Wildman–Crippen LogP) is 2.16. The Kier molecular flexibility index (Phi) is 6.58. The number of carbonyl (C=O) groups excluding carboxylic acids is 1. The number of benzene rings is 1. The van der Waals surface area contributed by atoms with Gasteiger partial charge in [0.05, 0.1) is 19.3 Å². The second kappa shape index (κ2) is 8.91. The number of nitrogens with two attached hydrogens (primary N) is 1. The van der Waals surface area contributed by atoms with E-state index in [-0.39, 0.29) is 12.0 Å². The third kappa shape index (κ3) is 5.58. The lowest BCUT2D eigenvalue weighted by Crippen LogP contribution is -2.46. The van der Waals surface area contributed by atoms with Crippen LogP contribution in [0.2, 0.25) is 0 Å². The third-order valence-corrected chi connectivity index (χ3v) is 5.83. The molecule has 2 aromatic rings. The first-order chi connectivity index (χ1) is 12.9. The van der Waals surface area contributed by atoms with Crippen molar-refractivity contribution in [3.63, 3.8) is 0 Å². The van der Waals surface area contributed by atoms with Gasteiger partial charge in [-0.3, -0.25) is 14.0 Å². The maximum atomic E-state index is 13.4. The van der Waals surface area contributed by atoms with E-state index in [4.69, 9.17) is 10.5 Å². The van der Waals surface area contributed by atoms with Crippen LogP contribution in [0.4, 0.5) is 13.9 Å². The van der Waals surface area contributed by atoms with E-state index < -0.39 is 11.6 Å². The molecule has 0 radical (unpaired) electrons. The van der Waals surface area contributed by atoms with Crippen LogP contribution in [0.1, 0.15) is 12.5 Å². The van der Waals surface area contributed by atoms with Crippen molar-refractivity contribution in [1.82, 2.24) is 19.4 Å². The number of carbonyl (C=O) groups is 1. The Morgan fingerprint density at radius 3 is 2.93 bits per heavy atom. The lowest BCUT2D eigenvalue weighted by Gasteiger charge is -2.34. The molecule has 1 aliphatic heterocycles. The van der Waals surface area contributed by atoms with E-state index in [9.17, 15) is 13.6 Å². The van der Waals surface area contributed by atoms with Crippen LogP contribution in [0, 0.1) is 11.6 Å². The van der Waals surface area contributed by atoms with Crippen LogP contribution in [-0.2, 0) is 16.1 Å². The van der Waals surface area contributed by atoms with E-state index >= 15 is 0 Å². The van der Waals surface area contributed by atoms with Crippen LogP contribution in [0.5, 0.6) is 0 Å². The second-order valence-electron chi connectivity index (χ2n) is 6.05. The summed E-state index contributed by atoms with van der Waals surface area (Å²) in [5.41, 5.74) is 6.26. The molecule has 0 aliphatic carbocycles. The maximum absolute atomic E-state index is 13.4. The fraction of sp³-hybridized carbons (Fsp3) is 0.438. The molecule has 1 saturated heterocycles. The molecule has 1 fully saturated rings. The topological polar surface area (TPSA) is 84.6 Å². The van der Waals surface area contributed by atoms with Gasteiger partial charge in [0.15, 0.2) is 16.0 Å². The molecule has 7 nitrogen and oxygen atoms in total. The standard InChI is InChI=1S/C16H19F2N5O2S2/c1-10(24)23(27-16-21-20-15(19)26-16)9-12-8-22(4-5-25-12)7-11-2-3-13(17)14(18)6-11/h2-3,6,12H,4-5,7-9H2,1H3,(H2,19,20)/t12-/m0/s1. The molecule has 0 bridgehead atoms. The molecule has 1 aliphatic rings. The molecular weight excluding hydrogens is 396 g/mol. The Balaban J connectivity index is 1.58. The van der Waals surface area contributed by atoms with Gasteiger partial charge in [-0.15, -0.1) is 10.2 Å². The van der Waals surface area contributed by atoms with Crippen LogP contribution in [0.3, 0.4) is 0 Å². The number of morpholine rings is 1. The molecule has 1 aromatic heterocycles. The average molecular weight is 415 g/mol. The minimum absolute atomic E-state index is 0.130. The minimum Gasteiger partial charge on any atom is -0.374 e. The number of aromatic nitrogens is 2. The summed E-state index contributed by atoms with van der Waals surface area (Å²) in [6.07, 6.45) is -0.203. The van der Waals surface area contributed by atoms with E-state index in [1.165, 1.54) is 36.3 Å². The van der Waals surface area contributed by atoms with E-state index in [2.05, 4.69) is 15.1 Å². The number of nitrogen functional groups attached to an aromatic ring is 1. The third-order valence-electron chi connectivity index (χ3n) is 3.94. The molecule has 1 amide bonds. The van der Waals surface area contributed by atoms with Crippen LogP contribution >= 0.6 is 23.3 Å². The SMILES string of the molecule is CC(=O)N(C[C@@H]1CN(Cc2ccc(F)c(F)c2)CCO1)Sc1nnc(N)s1. The van der Waals surface area contributed by atoms with Gasteiger partial charge in [0.1, 0.15) is 0 Å². The number of amides is 1. The Bertz CT molecular complexity index is 807. The number of nitrogens with zero attached hydrogens (tertiary/aromatic N) is 4. The second-order valence-corrected chi connectivity index (χ2v) is 8.33. The molecule has 146 valence electrons. The molecule has 1 aromatic carbocycles. The van der Waals surface area contributed by atoms with Crippen molar-refractivity contribution >= 4 is 34.3 Å². The highest BCUT2D eigenvalue weighted by Crippen LogP contribution is 2.28. The van der Waals surface area contributed by atoms with Gasteiger partial charge < -0.3 is 10.5 Å². The highest BCUT2D eigenvalue weighted by atomic mass is 32.2. The van der Waals surface area contributed by atoms with Crippen molar-refractivity contribution < 1.29 is 18.3 Å². The van der Waals surface area contributed by atoms with Crippen molar-refractivity contribution in [2.24, 2.45) is 0 Å². The number of anilines is 1. The predicted molar refractivity (Wildman–Crippen MR) is 98.9 cm³/mol. The van der Waals surface area contributed by atoms with Crippen LogP contribution in [0.25, 0.3) is 0 Å². The van der Waals surface area contributed by atoms with Gasteiger partial charge in [-0.1, -0.05) is 17.4 Å². The van der Waals surface area contributed by atoms with E-state index in [0.29, 0.717) is 47.8 Å². The van der Waals surface area contributed by atoms with Gasteiger partial charge in [0.2, 0.25) is 11.0 Å². The summed E-state index contributed by atoms with van der Waals surface area (Å²) in [6, 6.07) is 3.91. The molecule has 0 unspecified atom stereocenters. The fourth-order valence-electron chi connectivity index (χ4n) is 2.70. The smallest absolute Gasteiger partial charge is 0.229 e. The number of hydrogen-bond donors (Lipinski definition) is 1. The molecule has 2 N–H and O–H groups in total. The summed E-state index contributed by atoms with van der Waals surface area (Å²) < 4.78 is 34.4. The Hall–Kier alpha value is -1.82. The molecule has 27 heavy (non-hydrogen) atoms. The van der Waals surface area contributed by atoms with Gasteiger partial charge in [0.25, 0.3) is 0 Å². The molecule has 3 rings (SSSR count). The Labute approximate surface area is 163 Å². The average Bonchev–Trinajstić information content (AvgIpc) is 3.03. The van der Waals surface area contributed by atoms with Gasteiger partial charge in [-0.25, -0.2) is 8.78 Å². The Morgan fingerprint density at radius 1 is 1.44 bits per heavy atom. The molecule has 2 heterocycles. The minimum atomic E-state index is -0.856. The summed E-state index contributed by atoms with van der Waals surface area (Å²) >= 11 is 2.39. The van der Waals surface area contributed by atoms with E-state index in [1.54, 1.807) is 10.4 Å². The lowest BCUT2D eigenvalue weighted by atomic mass is 10.1. The molecule has 11 heteroatoms. The molecule has 1 atom stereocenters. The number of ether oxygens (including phenoxy) is 1. The molecular formula is C16H19F2N5O2S2. The van der Waals surface area contributed by atoms with E-state index in [1.807, 2.05) is 0 Å². The quantitative estimate of drug-likeness (QED) is 0.724. The maximum Gasteiger partial charge on any atom is 0.229 e. The summed E-state index contributed by atoms with van der Waals surface area (Å²) in [7, 11) is 0. The number of halogens is 2. The van der Waals surface area contributed by atoms with Gasteiger partial charge >= 0.3 is 0 Å². The number of rotatable bonds is 6. The lowest BCUT2D eigenvalue weighted by molar-refractivity contribution is -0.126. The van der Waals surface area contributed by atoms with E-state index in [0.717, 1.165) is 6.07 Å². The zero-order chi connectivity index (χ0) is 19.4. The monoisotopic (exact) mass is 415 g/mol. The van der Waals surface area contributed by atoms with Crippen molar-refractivity contribution in [3.05, 3.63) is 35.4 Å². The first-order valence-electron chi connectivity index (χ1n) is 8.23. The Morgan fingerprint density at radius 2 is 2.26 bits per heavy atom.